The van der Waals surface area contributed by atoms with Gasteiger partial charge in [0, 0.05) is 10.0 Å². The van der Waals surface area contributed by atoms with E-state index in [0.717, 1.165) is 0 Å². The molecule has 2 aromatic rings. The molecule has 0 bridgehead atoms. The van der Waals surface area contributed by atoms with E-state index in [2.05, 4.69) is 15.9 Å². The summed E-state index contributed by atoms with van der Waals surface area (Å²) in [4.78, 5) is 23.2. The highest BCUT2D eigenvalue weighted by Gasteiger charge is 2.15. The summed E-state index contributed by atoms with van der Waals surface area (Å²) in [6.45, 7) is -0.317. The Hall–Kier alpha value is -1.88. The number of hydrogen-bond donors (Lipinski definition) is 0. The van der Waals surface area contributed by atoms with Crippen molar-refractivity contribution in [3.8, 4) is 0 Å². The molecular formula is C13H9BrO4. The lowest BCUT2D eigenvalue weighted by Crippen LogP contribution is -2.14. The van der Waals surface area contributed by atoms with Gasteiger partial charge in [-0.15, -0.1) is 0 Å². The number of carbonyl (C=O) groups excluding carboxylic acids is 2. The van der Waals surface area contributed by atoms with Gasteiger partial charge in [-0.3, -0.25) is 4.79 Å². The molecule has 0 aliphatic carbocycles. The molecule has 0 atom stereocenters. The molecule has 1 aromatic carbocycles. The Morgan fingerprint density at radius 3 is 2.61 bits per heavy atom. The minimum Gasteiger partial charge on any atom is -0.457 e. The number of esters is 1. The fourth-order valence-corrected chi connectivity index (χ4v) is 1.87. The van der Waals surface area contributed by atoms with Gasteiger partial charge in [-0.1, -0.05) is 34.1 Å². The third kappa shape index (κ3) is 2.87. The second kappa shape index (κ2) is 5.64. The molecular weight excluding hydrogens is 300 g/mol. The van der Waals surface area contributed by atoms with Crippen molar-refractivity contribution in [3.63, 3.8) is 0 Å². The zero-order valence-corrected chi connectivity index (χ0v) is 10.8. The highest BCUT2D eigenvalue weighted by molar-refractivity contribution is 9.10. The molecule has 0 aliphatic heterocycles. The van der Waals surface area contributed by atoms with E-state index in [1.165, 1.54) is 12.3 Å². The largest absolute Gasteiger partial charge is 0.457 e. The zero-order chi connectivity index (χ0) is 13.0. The van der Waals surface area contributed by atoms with E-state index in [1.54, 1.807) is 30.3 Å². The van der Waals surface area contributed by atoms with Crippen LogP contribution in [0.25, 0.3) is 0 Å². The van der Waals surface area contributed by atoms with E-state index < -0.39 is 5.97 Å². The number of rotatable bonds is 4. The quantitative estimate of drug-likeness (QED) is 0.643. The molecule has 0 saturated heterocycles. The van der Waals surface area contributed by atoms with Crippen LogP contribution in [0, 0.1) is 0 Å². The predicted molar refractivity (Wildman–Crippen MR) is 67.5 cm³/mol. The van der Waals surface area contributed by atoms with E-state index in [1.807, 2.05) is 0 Å². The molecule has 0 spiro atoms. The molecule has 4 nitrogen and oxygen atoms in total. The number of Topliss-reactive ketones (excluding diaryl/α,β-unsaturated/α-hetero) is 1. The van der Waals surface area contributed by atoms with Crippen LogP contribution in [0.15, 0.2) is 51.6 Å². The minimum absolute atomic E-state index is 0.0786. The average molecular weight is 309 g/mol. The summed E-state index contributed by atoms with van der Waals surface area (Å²) in [5.74, 6) is -0.849. The maximum Gasteiger partial charge on any atom is 0.374 e. The second-order valence-electron chi connectivity index (χ2n) is 3.46. The van der Waals surface area contributed by atoms with Gasteiger partial charge in [0.2, 0.25) is 11.5 Å². The monoisotopic (exact) mass is 308 g/mol. The second-order valence-corrected chi connectivity index (χ2v) is 4.31. The van der Waals surface area contributed by atoms with Crippen LogP contribution < -0.4 is 0 Å². The Balaban J connectivity index is 1.97. The molecule has 2 rings (SSSR count). The van der Waals surface area contributed by atoms with Gasteiger partial charge in [0.05, 0.1) is 6.26 Å². The smallest absolute Gasteiger partial charge is 0.374 e. The number of ether oxygens (including phenoxy) is 1. The van der Waals surface area contributed by atoms with Crippen molar-refractivity contribution in [2.75, 3.05) is 6.61 Å². The molecule has 18 heavy (non-hydrogen) atoms. The Morgan fingerprint density at radius 2 is 1.94 bits per heavy atom. The number of ketones is 1. The Morgan fingerprint density at radius 1 is 1.17 bits per heavy atom. The van der Waals surface area contributed by atoms with E-state index in [-0.39, 0.29) is 18.2 Å². The molecule has 0 amide bonds. The fourth-order valence-electron chi connectivity index (χ4n) is 1.36. The normalized spacial score (nSPS) is 10.1. The Kier molecular flexibility index (Phi) is 3.94. The van der Waals surface area contributed by atoms with Gasteiger partial charge < -0.3 is 9.15 Å². The molecule has 1 aromatic heterocycles. The van der Waals surface area contributed by atoms with E-state index >= 15 is 0 Å². The molecule has 92 valence electrons. The van der Waals surface area contributed by atoms with Gasteiger partial charge in [-0.2, -0.15) is 0 Å². The van der Waals surface area contributed by atoms with Crippen LogP contribution in [0.4, 0.5) is 0 Å². The van der Waals surface area contributed by atoms with E-state index in [0.29, 0.717) is 10.0 Å². The third-order valence-corrected chi connectivity index (χ3v) is 2.92. The van der Waals surface area contributed by atoms with Crippen molar-refractivity contribution in [2.24, 2.45) is 0 Å². The molecule has 0 saturated carbocycles. The predicted octanol–water partition coefficient (Wildman–Crippen LogP) is 3.08. The van der Waals surface area contributed by atoms with Crippen molar-refractivity contribution in [1.82, 2.24) is 0 Å². The molecule has 1 heterocycles. The number of halogens is 1. The topological polar surface area (TPSA) is 56.5 Å². The summed E-state index contributed by atoms with van der Waals surface area (Å²) < 4.78 is 10.4. The molecule has 0 unspecified atom stereocenters. The van der Waals surface area contributed by atoms with Crippen LogP contribution in [0.2, 0.25) is 0 Å². The van der Waals surface area contributed by atoms with Crippen LogP contribution >= 0.6 is 15.9 Å². The Bertz CT molecular complexity index is 560. The number of furan rings is 1. The van der Waals surface area contributed by atoms with Crippen molar-refractivity contribution < 1.29 is 18.7 Å². The van der Waals surface area contributed by atoms with Gasteiger partial charge in [0.1, 0.15) is 0 Å². The van der Waals surface area contributed by atoms with Gasteiger partial charge in [0.15, 0.2) is 6.61 Å². The molecule has 0 radical (unpaired) electrons. The van der Waals surface area contributed by atoms with Crippen LogP contribution in [-0.4, -0.2) is 18.4 Å². The highest BCUT2D eigenvalue weighted by atomic mass is 79.9. The molecule has 0 aliphatic rings. The maximum absolute atomic E-state index is 11.8. The van der Waals surface area contributed by atoms with Crippen molar-refractivity contribution in [3.05, 3.63) is 58.5 Å². The lowest BCUT2D eigenvalue weighted by Gasteiger charge is -2.04. The third-order valence-electron chi connectivity index (χ3n) is 2.23. The first-order chi connectivity index (χ1) is 8.68. The van der Waals surface area contributed by atoms with Crippen molar-refractivity contribution >= 4 is 27.7 Å². The minimum atomic E-state index is -0.652. The van der Waals surface area contributed by atoms with Crippen molar-refractivity contribution in [2.45, 2.75) is 0 Å². The Labute approximate surface area is 112 Å². The average Bonchev–Trinajstić information content (AvgIpc) is 2.90. The number of carbonyl (C=O) groups is 2. The summed E-state index contributed by atoms with van der Waals surface area (Å²) in [6, 6.07) is 10.0. The zero-order valence-electron chi connectivity index (χ0n) is 9.26. The number of hydrogen-bond acceptors (Lipinski definition) is 4. The maximum atomic E-state index is 11.8. The summed E-state index contributed by atoms with van der Waals surface area (Å²) >= 11 is 3.26. The lowest BCUT2D eigenvalue weighted by molar-refractivity contribution is 0.0444. The summed E-state index contributed by atoms with van der Waals surface area (Å²) in [5.41, 5.74) is 0.477. The first-order valence-corrected chi connectivity index (χ1v) is 5.96. The van der Waals surface area contributed by atoms with Crippen LogP contribution in [-0.2, 0) is 4.74 Å². The van der Waals surface area contributed by atoms with E-state index in [4.69, 9.17) is 9.15 Å². The molecule has 0 fully saturated rings. The summed E-state index contributed by atoms with van der Waals surface area (Å²) in [7, 11) is 0. The van der Waals surface area contributed by atoms with Gasteiger partial charge in [-0.05, 0) is 18.2 Å². The van der Waals surface area contributed by atoms with Crippen LogP contribution in [0.3, 0.4) is 0 Å². The SMILES string of the molecule is O=C(OCC(=O)c1ccccc1Br)c1ccco1. The highest BCUT2D eigenvalue weighted by Crippen LogP contribution is 2.16. The van der Waals surface area contributed by atoms with Crippen LogP contribution in [0.5, 0.6) is 0 Å². The van der Waals surface area contributed by atoms with Gasteiger partial charge in [-0.25, -0.2) is 4.79 Å². The van der Waals surface area contributed by atoms with Gasteiger partial charge in [0.25, 0.3) is 0 Å². The molecule has 0 N–H and O–H groups in total. The number of benzene rings is 1. The van der Waals surface area contributed by atoms with Crippen LogP contribution in [0.1, 0.15) is 20.9 Å². The first-order valence-electron chi connectivity index (χ1n) is 5.17. The standard InChI is InChI=1S/C13H9BrO4/c14-10-5-2-1-4-9(10)11(15)8-18-13(16)12-6-3-7-17-12/h1-7H,8H2. The molecule has 5 heteroatoms. The first kappa shape index (κ1) is 12.6. The van der Waals surface area contributed by atoms with Gasteiger partial charge >= 0.3 is 5.97 Å². The van der Waals surface area contributed by atoms with Crippen molar-refractivity contribution in [1.29, 1.82) is 0 Å². The fraction of sp³-hybridized carbons (Fsp3) is 0.0769. The lowest BCUT2D eigenvalue weighted by atomic mass is 10.1. The summed E-state index contributed by atoms with van der Waals surface area (Å²) in [6.07, 6.45) is 1.37. The summed E-state index contributed by atoms with van der Waals surface area (Å²) in [5, 5.41) is 0. The van der Waals surface area contributed by atoms with E-state index in [9.17, 15) is 9.59 Å².